The van der Waals surface area contributed by atoms with E-state index in [-0.39, 0.29) is 5.69 Å². The summed E-state index contributed by atoms with van der Waals surface area (Å²) in [4.78, 5) is 10.7. The highest BCUT2D eigenvalue weighted by atomic mass is 35.5. The molecule has 0 aliphatic heterocycles. The van der Waals surface area contributed by atoms with Crippen LogP contribution in [0.5, 0.6) is 0 Å². The lowest BCUT2D eigenvalue weighted by atomic mass is 10.4. The average molecular weight is 220 g/mol. The lowest BCUT2D eigenvalue weighted by Crippen LogP contribution is -2.08. The Kier molecular flexibility index (Phi) is 3.69. The molecule has 0 fully saturated rings. The standard InChI is InChI=1S/C8H10ClNO2S/c1-13-3-2-10-5-6(9)4-7(10)8(11)12/h4-5H,2-3H2,1H3,(H,11,12). The van der Waals surface area contributed by atoms with Crippen LogP contribution < -0.4 is 0 Å². The third-order valence-electron chi connectivity index (χ3n) is 1.62. The van der Waals surface area contributed by atoms with Crippen molar-refractivity contribution >= 4 is 29.3 Å². The second kappa shape index (κ2) is 4.58. The fraction of sp³-hybridized carbons (Fsp3) is 0.375. The summed E-state index contributed by atoms with van der Waals surface area (Å²) < 4.78 is 1.65. The van der Waals surface area contributed by atoms with Crippen LogP contribution in [0.15, 0.2) is 12.3 Å². The number of carboxylic acids is 1. The van der Waals surface area contributed by atoms with Gasteiger partial charge in [0.05, 0.1) is 5.02 Å². The molecule has 5 heteroatoms. The van der Waals surface area contributed by atoms with Crippen LogP contribution in [0.25, 0.3) is 0 Å². The Morgan fingerprint density at radius 2 is 2.46 bits per heavy atom. The van der Waals surface area contributed by atoms with Gasteiger partial charge >= 0.3 is 5.97 Å². The number of halogens is 1. The molecule has 0 aromatic carbocycles. The smallest absolute Gasteiger partial charge is 0.352 e. The van der Waals surface area contributed by atoms with Crippen LogP contribution in [0.1, 0.15) is 10.5 Å². The van der Waals surface area contributed by atoms with Crippen molar-refractivity contribution in [1.82, 2.24) is 4.57 Å². The molecule has 1 aromatic rings. The van der Waals surface area contributed by atoms with Crippen molar-refractivity contribution in [2.75, 3.05) is 12.0 Å². The molecule has 3 nitrogen and oxygen atoms in total. The molecule has 1 rings (SSSR count). The molecule has 1 N–H and O–H groups in total. The van der Waals surface area contributed by atoms with Gasteiger partial charge in [0.2, 0.25) is 0 Å². The van der Waals surface area contributed by atoms with Crippen LogP contribution in [-0.4, -0.2) is 27.7 Å². The quantitative estimate of drug-likeness (QED) is 0.844. The van der Waals surface area contributed by atoms with Gasteiger partial charge in [-0.15, -0.1) is 0 Å². The number of carboxylic acid groups (broad SMARTS) is 1. The van der Waals surface area contributed by atoms with Gasteiger partial charge in [-0.25, -0.2) is 4.79 Å². The minimum Gasteiger partial charge on any atom is -0.477 e. The summed E-state index contributed by atoms with van der Waals surface area (Å²) in [7, 11) is 0. The van der Waals surface area contributed by atoms with E-state index in [1.165, 1.54) is 6.07 Å². The largest absolute Gasteiger partial charge is 0.477 e. The first-order chi connectivity index (χ1) is 6.15. The minimum absolute atomic E-state index is 0.249. The highest BCUT2D eigenvalue weighted by Crippen LogP contribution is 2.14. The lowest BCUT2D eigenvalue weighted by Gasteiger charge is -2.03. The molecule has 1 aromatic heterocycles. The molecule has 13 heavy (non-hydrogen) atoms. The number of aromatic nitrogens is 1. The van der Waals surface area contributed by atoms with Gasteiger partial charge in [-0.1, -0.05) is 11.6 Å². The zero-order valence-corrected chi connectivity index (χ0v) is 8.73. The average Bonchev–Trinajstić information content (AvgIpc) is 2.43. The molecule has 0 radical (unpaired) electrons. The summed E-state index contributed by atoms with van der Waals surface area (Å²) in [5, 5.41) is 9.26. The summed E-state index contributed by atoms with van der Waals surface area (Å²) in [6.07, 6.45) is 3.62. The van der Waals surface area contributed by atoms with Crippen molar-refractivity contribution in [3.8, 4) is 0 Å². The van der Waals surface area contributed by atoms with E-state index >= 15 is 0 Å². The number of thioether (sulfide) groups is 1. The van der Waals surface area contributed by atoms with E-state index in [0.717, 1.165) is 5.75 Å². The highest BCUT2D eigenvalue weighted by Gasteiger charge is 2.10. The molecule has 0 atom stereocenters. The number of rotatable bonds is 4. The maximum atomic E-state index is 10.7. The maximum absolute atomic E-state index is 10.7. The normalized spacial score (nSPS) is 10.3. The first-order valence-corrected chi connectivity index (χ1v) is 5.50. The van der Waals surface area contributed by atoms with Crippen molar-refractivity contribution < 1.29 is 9.90 Å². The van der Waals surface area contributed by atoms with E-state index in [9.17, 15) is 4.79 Å². The zero-order valence-electron chi connectivity index (χ0n) is 7.16. The third-order valence-corrected chi connectivity index (χ3v) is 2.42. The summed E-state index contributed by atoms with van der Waals surface area (Å²) in [6, 6.07) is 1.46. The molecular formula is C8H10ClNO2S. The third kappa shape index (κ3) is 2.67. The number of carbonyl (C=O) groups is 1. The van der Waals surface area contributed by atoms with Gasteiger partial charge in [0, 0.05) is 18.5 Å². The predicted octanol–water partition coefficient (Wildman–Crippen LogP) is 2.20. The Bertz CT molecular complexity index is 311. The number of hydrogen-bond acceptors (Lipinski definition) is 2. The van der Waals surface area contributed by atoms with Gasteiger partial charge in [0.1, 0.15) is 5.69 Å². The highest BCUT2D eigenvalue weighted by molar-refractivity contribution is 7.98. The van der Waals surface area contributed by atoms with Crippen molar-refractivity contribution in [3.63, 3.8) is 0 Å². The molecular weight excluding hydrogens is 210 g/mol. The van der Waals surface area contributed by atoms with Crippen LogP contribution in [0.4, 0.5) is 0 Å². The van der Waals surface area contributed by atoms with Crippen molar-refractivity contribution in [2.24, 2.45) is 0 Å². The summed E-state index contributed by atoms with van der Waals surface area (Å²) >= 11 is 7.37. The number of aryl methyl sites for hydroxylation is 1. The van der Waals surface area contributed by atoms with Crippen LogP contribution in [0.2, 0.25) is 5.02 Å². The van der Waals surface area contributed by atoms with Crippen LogP contribution in [-0.2, 0) is 6.54 Å². The van der Waals surface area contributed by atoms with E-state index in [1.54, 1.807) is 22.5 Å². The molecule has 0 spiro atoms. The van der Waals surface area contributed by atoms with Gasteiger partial charge in [-0.3, -0.25) is 0 Å². The Labute approximate surface area is 85.7 Å². The minimum atomic E-state index is -0.937. The van der Waals surface area contributed by atoms with Crippen LogP contribution >= 0.6 is 23.4 Å². The van der Waals surface area contributed by atoms with E-state index < -0.39 is 5.97 Å². The van der Waals surface area contributed by atoms with Crippen LogP contribution in [0.3, 0.4) is 0 Å². The van der Waals surface area contributed by atoms with Gasteiger partial charge in [0.25, 0.3) is 0 Å². The Morgan fingerprint density at radius 3 is 3.00 bits per heavy atom. The lowest BCUT2D eigenvalue weighted by molar-refractivity contribution is 0.0685. The van der Waals surface area contributed by atoms with Crippen LogP contribution in [0, 0.1) is 0 Å². The van der Waals surface area contributed by atoms with Gasteiger partial charge in [-0.2, -0.15) is 11.8 Å². The summed E-state index contributed by atoms with van der Waals surface area (Å²) in [5.41, 5.74) is 0.249. The van der Waals surface area contributed by atoms with E-state index in [2.05, 4.69) is 0 Å². The van der Waals surface area contributed by atoms with Gasteiger partial charge < -0.3 is 9.67 Å². The Morgan fingerprint density at radius 1 is 1.77 bits per heavy atom. The maximum Gasteiger partial charge on any atom is 0.352 e. The summed E-state index contributed by atoms with van der Waals surface area (Å²) in [6.45, 7) is 0.676. The monoisotopic (exact) mass is 219 g/mol. The second-order valence-corrected chi connectivity index (χ2v) is 3.96. The summed E-state index contributed by atoms with van der Waals surface area (Å²) in [5.74, 6) is -0.0568. The van der Waals surface area contributed by atoms with Gasteiger partial charge in [0.15, 0.2) is 0 Å². The fourth-order valence-electron chi connectivity index (χ4n) is 1.03. The number of nitrogens with zero attached hydrogens (tertiary/aromatic N) is 1. The Balaban J connectivity index is 2.84. The molecule has 0 aliphatic rings. The molecule has 1 heterocycles. The van der Waals surface area contributed by atoms with Crippen molar-refractivity contribution in [1.29, 1.82) is 0 Å². The molecule has 0 unspecified atom stereocenters. The zero-order chi connectivity index (χ0) is 9.84. The first kappa shape index (κ1) is 10.5. The molecule has 0 bridgehead atoms. The molecule has 0 aliphatic carbocycles. The van der Waals surface area contributed by atoms with Crippen molar-refractivity contribution in [2.45, 2.75) is 6.54 Å². The van der Waals surface area contributed by atoms with Crippen molar-refractivity contribution in [3.05, 3.63) is 23.0 Å². The van der Waals surface area contributed by atoms with Gasteiger partial charge in [-0.05, 0) is 12.3 Å². The Hall–Kier alpha value is -0.610. The molecule has 0 amide bonds. The first-order valence-electron chi connectivity index (χ1n) is 3.73. The SMILES string of the molecule is CSCCn1cc(Cl)cc1C(=O)O. The van der Waals surface area contributed by atoms with E-state index in [0.29, 0.717) is 11.6 Å². The topological polar surface area (TPSA) is 42.2 Å². The predicted molar refractivity (Wildman–Crippen MR) is 54.8 cm³/mol. The molecule has 0 saturated carbocycles. The van der Waals surface area contributed by atoms with E-state index in [4.69, 9.17) is 16.7 Å². The number of aromatic carboxylic acids is 1. The van der Waals surface area contributed by atoms with E-state index in [1.807, 2.05) is 6.26 Å². The number of hydrogen-bond donors (Lipinski definition) is 1. The fourth-order valence-corrected chi connectivity index (χ4v) is 1.63. The molecule has 0 saturated heterocycles. The molecule has 72 valence electrons. The second-order valence-electron chi connectivity index (χ2n) is 2.53.